The summed E-state index contributed by atoms with van der Waals surface area (Å²) in [4.78, 5) is 32.2. The van der Waals surface area contributed by atoms with Gasteiger partial charge in [-0.3, -0.25) is 23.9 Å². The maximum Gasteiger partial charge on any atom is 0.324 e. The summed E-state index contributed by atoms with van der Waals surface area (Å²) in [6.07, 6.45) is 1.50. The summed E-state index contributed by atoms with van der Waals surface area (Å²) >= 11 is 0. The predicted molar refractivity (Wildman–Crippen MR) is 94.9 cm³/mol. The Morgan fingerprint density at radius 2 is 1.85 bits per heavy atom. The Bertz CT molecular complexity index is 1030. The number of sulfone groups is 1. The van der Waals surface area contributed by atoms with Gasteiger partial charge in [-0.1, -0.05) is 0 Å². The van der Waals surface area contributed by atoms with Crippen LogP contribution in [-0.2, 0) is 25.4 Å². The Kier molecular flexibility index (Phi) is 6.18. The van der Waals surface area contributed by atoms with Crippen LogP contribution in [0, 0.1) is 10.1 Å². The summed E-state index contributed by atoms with van der Waals surface area (Å²) in [5.41, 5.74) is -0.292. The van der Waals surface area contributed by atoms with E-state index in [1.54, 1.807) is 0 Å². The SMILES string of the molecule is CS(=O)(=O)c1ccc(S(=O)CC(=O)Oc2ccc(C=O)cc2)c([N+](=O)[O-])c1. The maximum absolute atomic E-state index is 12.3. The zero-order chi connectivity index (χ0) is 20.2. The normalized spacial score (nSPS) is 12.2. The molecule has 2 aromatic carbocycles. The molecule has 27 heavy (non-hydrogen) atoms. The molecule has 0 fully saturated rings. The third-order valence-corrected chi connectivity index (χ3v) is 5.74. The van der Waals surface area contributed by atoms with Crippen LogP contribution in [0.2, 0.25) is 0 Å². The maximum atomic E-state index is 12.3. The number of rotatable bonds is 7. The van der Waals surface area contributed by atoms with Crippen molar-refractivity contribution in [3.05, 3.63) is 58.1 Å². The molecule has 0 saturated carbocycles. The molecule has 0 aromatic heterocycles. The van der Waals surface area contributed by atoms with Crippen LogP contribution < -0.4 is 4.74 Å². The Morgan fingerprint density at radius 3 is 2.37 bits per heavy atom. The number of hydrogen-bond acceptors (Lipinski definition) is 8. The highest BCUT2D eigenvalue weighted by molar-refractivity contribution is 7.90. The summed E-state index contributed by atoms with van der Waals surface area (Å²) in [5.74, 6) is -1.47. The second-order valence-corrected chi connectivity index (χ2v) is 8.74. The van der Waals surface area contributed by atoms with Gasteiger partial charge in [0, 0.05) is 17.9 Å². The lowest BCUT2D eigenvalue weighted by atomic mass is 10.2. The fourth-order valence-corrected chi connectivity index (χ4v) is 3.68. The van der Waals surface area contributed by atoms with E-state index in [1.165, 1.54) is 24.3 Å². The molecule has 0 heterocycles. The standard InChI is InChI=1S/C16H13NO8S2/c1-27(23,24)13-6-7-15(14(8-13)17(20)21)26(22)10-16(19)25-12-4-2-11(9-18)3-5-12/h2-9H,10H2,1H3. The molecule has 0 radical (unpaired) electrons. The molecule has 1 unspecified atom stereocenters. The van der Waals surface area contributed by atoms with Crippen LogP contribution in [0.1, 0.15) is 10.4 Å². The van der Waals surface area contributed by atoms with E-state index >= 15 is 0 Å². The molecule has 0 aliphatic heterocycles. The van der Waals surface area contributed by atoms with Crippen molar-refractivity contribution in [3.8, 4) is 5.75 Å². The first-order valence-electron chi connectivity index (χ1n) is 7.24. The van der Waals surface area contributed by atoms with Crippen molar-refractivity contribution in [3.63, 3.8) is 0 Å². The largest absolute Gasteiger partial charge is 0.426 e. The van der Waals surface area contributed by atoms with E-state index in [-0.39, 0.29) is 15.5 Å². The topological polar surface area (TPSA) is 138 Å². The van der Waals surface area contributed by atoms with Gasteiger partial charge in [-0.05, 0) is 36.4 Å². The Morgan fingerprint density at radius 1 is 1.22 bits per heavy atom. The van der Waals surface area contributed by atoms with Crippen molar-refractivity contribution in [1.29, 1.82) is 0 Å². The van der Waals surface area contributed by atoms with Gasteiger partial charge in [-0.25, -0.2) is 8.42 Å². The van der Waals surface area contributed by atoms with Gasteiger partial charge in [0.2, 0.25) is 0 Å². The molecule has 2 aromatic rings. The van der Waals surface area contributed by atoms with E-state index in [9.17, 15) is 32.3 Å². The van der Waals surface area contributed by atoms with Gasteiger partial charge < -0.3 is 4.74 Å². The fraction of sp³-hybridized carbons (Fsp3) is 0.125. The van der Waals surface area contributed by atoms with Crippen LogP contribution in [0.5, 0.6) is 5.75 Å². The molecule has 0 amide bonds. The Balaban J connectivity index is 2.20. The van der Waals surface area contributed by atoms with Crippen molar-refractivity contribution < 1.29 is 31.9 Å². The zero-order valence-electron chi connectivity index (χ0n) is 13.9. The van der Waals surface area contributed by atoms with Gasteiger partial charge in [0.05, 0.1) is 20.6 Å². The highest BCUT2D eigenvalue weighted by Gasteiger charge is 2.24. The number of nitrogens with zero attached hydrogens (tertiary/aromatic N) is 1. The lowest BCUT2D eigenvalue weighted by molar-refractivity contribution is -0.388. The average molecular weight is 411 g/mol. The number of benzene rings is 2. The van der Waals surface area contributed by atoms with Crippen LogP contribution in [-0.4, -0.2) is 41.8 Å². The zero-order valence-corrected chi connectivity index (χ0v) is 15.5. The highest BCUT2D eigenvalue weighted by atomic mass is 32.2. The second-order valence-electron chi connectivity index (χ2n) is 5.31. The number of aldehydes is 1. The third-order valence-electron chi connectivity index (χ3n) is 3.30. The summed E-state index contributed by atoms with van der Waals surface area (Å²) in [6.45, 7) is 0. The second kappa shape index (κ2) is 8.18. The molecular weight excluding hydrogens is 398 g/mol. The Labute approximate surface area is 156 Å². The van der Waals surface area contributed by atoms with Crippen LogP contribution in [0.3, 0.4) is 0 Å². The molecule has 0 aliphatic carbocycles. The lowest BCUT2D eigenvalue weighted by Crippen LogP contribution is -2.18. The molecule has 1 atom stereocenters. The van der Waals surface area contributed by atoms with E-state index in [0.29, 0.717) is 11.8 Å². The highest BCUT2D eigenvalue weighted by Crippen LogP contribution is 2.26. The molecule has 0 N–H and O–H groups in total. The summed E-state index contributed by atoms with van der Waals surface area (Å²) < 4.78 is 40.4. The minimum absolute atomic E-state index is 0.115. The van der Waals surface area contributed by atoms with E-state index in [4.69, 9.17) is 4.74 Å². The minimum atomic E-state index is -3.69. The van der Waals surface area contributed by atoms with Gasteiger partial charge in [0.1, 0.15) is 22.7 Å². The third kappa shape index (κ3) is 5.28. The Hall–Kier alpha value is -2.92. The molecule has 142 valence electrons. The number of hydrogen-bond donors (Lipinski definition) is 0. The van der Waals surface area contributed by atoms with Crippen LogP contribution in [0.25, 0.3) is 0 Å². The van der Waals surface area contributed by atoms with E-state index in [2.05, 4.69) is 0 Å². The molecule has 0 aliphatic rings. The molecule has 0 spiro atoms. The number of esters is 1. The monoisotopic (exact) mass is 411 g/mol. The molecule has 2 rings (SSSR count). The first-order valence-corrected chi connectivity index (χ1v) is 10.5. The average Bonchev–Trinajstić information content (AvgIpc) is 2.60. The fourth-order valence-electron chi connectivity index (χ4n) is 2.02. The van der Waals surface area contributed by atoms with Gasteiger partial charge in [0.25, 0.3) is 5.69 Å². The van der Waals surface area contributed by atoms with Crippen molar-refractivity contribution in [2.75, 3.05) is 12.0 Å². The first kappa shape index (κ1) is 20.4. The summed E-state index contributed by atoms with van der Waals surface area (Å²) in [7, 11) is -5.82. The first-order chi connectivity index (χ1) is 12.6. The van der Waals surface area contributed by atoms with E-state index in [0.717, 1.165) is 24.5 Å². The van der Waals surface area contributed by atoms with Crippen molar-refractivity contribution >= 4 is 38.6 Å². The number of carbonyl (C=O) groups excluding carboxylic acids is 2. The number of carbonyl (C=O) groups is 2. The van der Waals surface area contributed by atoms with Gasteiger partial charge >= 0.3 is 5.97 Å². The van der Waals surface area contributed by atoms with Crippen molar-refractivity contribution in [1.82, 2.24) is 0 Å². The summed E-state index contributed by atoms with van der Waals surface area (Å²) in [5, 5.41) is 11.2. The van der Waals surface area contributed by atoms with Gasteiger partial charge in [-0.2, -0.15) is 0 Å². The molecule has 9 nitrogen and oxygen atoms in total. The number of ether oxygens (including phenoxy) is 1. The minimum Gasteiger partial charge on any atom is -0.426 e. The van der Waals surface area contributed by atoms with Crippen LogP contribution in [0.4, 0.5) is 5.69 Å². The van der Waals surface area contributed by atoms with Gasteiger partial charge in [-0.15, -0.1) is 0 Å². The molecule has 0 saturated heterocycles. The summed E-state index contributed by atoms with van der Waals surface area (Å²) in [6, 6.07) is 8.49. The predicted octanol–water partition coefficient (Wildman–Crippen LogP) is 1.52. The molecule has 11 heteroatoms. The van der Waals surface area contributed by atoms with Crippen molar-refractivity contribution in [2.45, 2.75) is 9.79 Å². The number of nitro benzene ring substituents is 1. The van der Waals surface area contributed by atoms with E-state index < -0.39 is 43.0 Å². The van der Waals surface area contributed by atoms with Crippen LogP contribution >= 0.6 is 0 Å². The van der Waals surface area contributed by atoms with Gasteiger partial charge in [0.15, 0.2) is 9.84 Å². The number of nitro groups is 1. The van der Waals surface area contributed by atoms with Crippen molar-refractivity contribution in [2.24, 2.45) is 0 Å². The smallest absolute Gasteiger partial charge is 0.324 e. The van der Waals surface area contributed by atoms with Crippen LogP contribution in [0.15, 0.2) is 52.3 Å². The quantitative estimate of drug-likeness (QED) is 0.220. The lowest BCUT2D eigenvalue weighted by Gasteiger charge is -2.06. The molecular formula is C16H13NO8S2. The van der Waals surface area contributed by atoms with E-state index in [1.807, 2.05) is 0 Å². The molecule has 0 bridgehead atoms.